The van der Waals surface area contributed by atoms with E-state index in [0.717, 1.165) is 10.1 Å². The molecule has 2 heterocycles. The van der Waals surface area contributed by atoms with E-state index in [9.17, 15) is 19.5 Å². The van der Waals surface area contributed by atoms with Gasteiger partial charge in [0, 0.05) is 53.2 Å². The summed E-state index contributed by atoms with van der Waals surface area (Å²) in [5, 5.41) is 13.7. The number of hydrogen-bond acceptors (Lipinski definition) is 8. The van der Waals surface area contributed by atoms with Crippen molar-refractivity contribution in [2.45, 2.75) is 33.4 Å². The van der Waals surface area contributed by atoms with E-state index in [1.54, 1.807) is 32.2 Å². The molecule has 0 aliphatic rings. The third-order valence-corrected chi connectivity index (χ3v) is 6.95. The van der Waals surface area contributed by atoms with Gasteiger partial charge in [0.15, 0.2) is 0 Å². The lowest BCUT2D eigenvalue weighted by atomic mass is 10.0. The Morgan fingerprint density at radius 3 is 2.67 bits per heavy atom. The van der Waals surface area contributed by atoms with Crippen molar-refractivity contribution < 1.29 is 9.50 Å². The zero-order valence-corrected chi connectivity index (χ0v) is 24.5. The number of allylic oxidation sites excluding steroid dienone is 2. The fraction of sp³-hybridized carbons (Fsp3) is 0.207. The summed E-state index contributed by atoms with van der Waals surface area (Å²) < 4.78 is 17.1. The van der Waals surface area contributed by atoms with Crippen LogP contribution in [0.25, 0.3) is 5.57 Å². The van der Waals surface area contributed by atoms with Crippen molar-refractivity contribution in [2.75, 3.05) is 18.1 Å². The molecule has 11 nitrogen and oxygen atoms in total. The van der Waals surface area contributed by atoms with Crippen LogP contribution in [0.1, 0.15) is 42.5 Å². The topological polar surface area (TPSA) is 160 Å². The maximum Gasteiger partial charge on any atom is 0.355 e. The number of aromatic amines is 1. The first-order chi connectivity index (χ1) is 20.0. The number of nitrogens with two attached hydrogens (primary N) is 1. The molecule has 4 rings (SSSR count). The number of hydrogen-bond donors (Lipinski definition) is 4. The molecule has 0 fully saturated rings. The number of nitrogens with one attached hydrogen (secondary N) is 2. The quantitative estimate of drug-likeness (QED) is 0.101. The first-order valence-corrected chi connectivity index (χ1v) is 13.6. The van der Waals surface area contributed by atoms with Crippen molar-refractivity contribution in [3.8, 4) is 5.75 Å². The largest absolute Gasteiger partial charge is 0.506 e. The highest BCUT2D eigenvalue weighted by atomic mass is 31.0. The Morgan fingerprint density at radius 1 is 1.21 bits per heavy atom. The lowest BCUT2D eigenvalue weighted by Crippen LogP contribution is -2.43. The second-order valence-corrected chi connectivity index (χ2v) is 10.2. The Bertz CT molecular complexity index is 1890. The molecule has 0 radical (unpaired) electrons. The van der Waals surface area contributed by atoms with Crippen molar-refractivity contribution in [1.29, 1.82) is 0 Å². The van der Waals surface area contributed by atoms with Crippen LogP contribution in [0.5, 0.6) is 5.75 Å². The summed E-state index contributed by atoms with van der Waals surface area (Å²) in [5.41, 5.74) is 6.53. The zero-order chi connectivity index (χ0) is 30.6. The van der Waals surface area contributed by atoms with Gasteiger partial charge < -0.3 is 21.1 Å². The van der Waals surface area contributed by atoms with Crippen molar-refractivity contribution in [2.24, 2.45) is 4.99 Å². The maximum absolute atomic E-state index is 15.0. The van der Waals surface area contributed by atoms with Gasteiger partial charge >= 0.3 is 11.4 Å². The highest BCUT2D eigenvalue weighted by molar-refractivity contribution is 7.27. The Balaban J connectivity index is 1.91. The number of rotatable bonds is 9. The van der Waals surface area contributed by atoms with E-state index < -0.39 is 22.8 Å². The number of phenols is 1. The van der Waals surface area contributed by atoms with Gasteiger partial charge in [-0.3, -0.25) is 14.4 Å². The first kappa shape index (κ1) is 30.1. The average molecular weight is 592 g/mol. The number of halogens is 1. The van der Waals surface area contributed by atoms with Gasteiger partial charge in [0.1, 0.15) is 11.6 Å². The van der Waals surface area contributed by atoms with E-state index >= 15 is 4.39 Å². The molecule has 0 aliphatic heterocycles. The minimum Gasteiger partial charge on any atom is -0.506 e. The van der Waals surface area contributed by atoms with E-state index in [4.69, 9.17) is 5.73 Å². The van der Waals surface area contributed by atoms with E-state index in [0.29, 0.717) is 28.4 Å². The van der Waals surface area contributed by atoms with Crippen molar-refractivity contribution in [3.05, 3.63) is 108 Å². The van der Waals surface area contributed by atoms with Crippen LogP contribution < -0.4 is 33.3 Å². The standard InChI is InChI=1S/C29H31FN7O4P/c1-4-6-16(2)20-9-17(10-24(42)25(20)30)14-36-27(34-22-11-19(13-32-3)21(31)12-23(22)38)35-28(40)37(29(36)41)15-18-7-5-8-33-26(18)39/h5-13,38H,4,14-15,31,42H2,1-3H3,(H,33,39)(H,34,35,40)/b16-6-,32-13?. The second-order valence-electron chi connectivity index (χ2n) is 9.55. The lowest BCUT2D eigenvalue weighted by Gasteiger charge is -2.18. The Kier molecular flexibility index (Phi) is 9.17. The number of aliphatic imine (C=N–C) groups is 1. The summed E-state index contributed by atoms with van der Waals surface area (Å²) in [6, 6.07) is 9.10. The molecule has 0 spiro atoms. The summed E-state index contributed by atoms with van der Waals surface area (Å²) >= 11 is 0. The Morgan fingerprint density at radius 2 is 1.98 bits per heavy atom. The Hall–Kier alpha value is -4.83. The monoisotopic (exact) mass is 591 g/mol. The van der Waals surface area contributed by atoms with E-state index in [1.165, 1.54) is 35.2 Å². The number of aromatic nitrogens is 4. The lowest BCUT2D eigenvalue weighted by molar-refractivity contribution is 0.477. The summed E-state index contributed by atoms with van der Waals surface area (Å²) in [4.78, 5) is 49.8. The molecule has 13 heteroatoms. The molecule has 0 aliphatic carbocycles. The third-order valence-electron chi connectivity index (χ3n) is 6.53. The minimum atomic E-state index is -0.916. The molecule has 4 aromatic rings. The van der Waals surface area contributed by atoms with E-state index in [-0.39, 0.29) is 41.7 Å². The molecular formula is C29H31FN7O4P. The number of benzene rings is 2. The van der Waals surface area contributed by atoms with Crippen LogP contribution in [0.2, 0.25) is 0 Å². The number of aromatic hydroxyl groups is 1. The number of nitrogens with zero attached hydrogens (tertiary/aromatic N) is 4. The number of phenolic OH excluding ortho intramolecular Hbond substituents is 1. The van der Waals surface area contributed by atoms with Gasteiger partial charge in [-0.1, -0.05) is 19.1 Å². The molecule has 2 aromatic carbocycles. The number of H-pyrrole nitrogens is 1. The summed E-state index contributed by atoms with van der Waals surface area (Å²) in [6.45, 7) is 3.30. The van der Waals surface area contributed by atoms with Gasteiger partial charge in [0.05, 0.1) is 18.8 Å². The van der Waals surface area contributed by atoms with Crippen LogP contribution >= 0.6 is 9.24 Å². The average Bonchev–Trinajstić information content (AvgIpc) is 2.94. The van der Waals surface area contributed by atoms with Gasteiger partial charge in [0.25, 0.3) is 5.56 Å². The van der Waals surface area contributed by atoms with Gasteiger partial charge in [-0.15, -0.1) is 9.24 Å². The van der Waals surface area contributed by atoms with Crippen LogP contribution in [-0.2, 0) is 13.1 Å². The Labute approximate surface area is 242 Å². The molecule has 0 saturated carbocycles. The smallest absolute Gasteiger partial charge is 0.355 e. The molecule has 5 N–H and O–H groups in total. The van der Waals surface area contributed by atoms with Crippen LogP contribution in [-0.4, -0.2) is 37.5 Å². The molecule has 1 unspecified atom stereocenters. The number of anilines is 3. The van der Waals surface area contributed by atoms with Crippen LogP contribution in [0.4, 0.5) is 21.7 Å². The molecule has 0 saturated heterocycles. The van der Waals surface area contributed by atoms with Crippen molar-refractivity contribution >= 4 is 43.7 Å². The first-order valence-electron chi connectivity index (χ1n) is 13.0. The van der Waals surface area contributed by atoms with Crippen molar-refractivity contribution in [3.63, 3.8) is 0 Å². The third kappa shape index (κ3) is 6.39. The van der Waals surface area contributed by atoms with Crippen LogP contribution in [0.15, 0.2) is 68.0 Å². The molecular weight excluding hydrogens is 560 g/mol. The van der Waals surface area contributed by atoms with Crippen molar-refractivity contribution in [1.82, 2.24) is 19.1 Å². The molecule has 218 valence electrons. The highest BCUT2D eigenvalue weighted by Gasteiger charge is 2.19. The predicted molar refractivity (Wildman–Crippen MR) is 167 cm³/mol. The van der Waals surface area contributed by atoms with E-state index in [2.05, 4.69) is 29.5 Å². The molecule has 2 aromatic heterocycles. The van der Waals surface area contributed by atoms with Gasteiger partial charge in [-0.2, -0.15) is 4.98 Å². The highest BCUT2D eigenvalue weighted by Crippen LogP contribution is 2.30. The van der Waals surface area contributed by atoms with Crippen LogP contribution in [0.3, 0.4) is 0 Å². The van der Waals surface area contributed by atoms with Gasteiger partial charge in [-0.05, 0) is 48.7 Å². The molecule has 0 bridgehead atoms. The zero-order valence-electron chi connectivity index (χ0n) is 23.3. The summed E-state index contributed by atoms with van der Waals surface area (Å²) in [6.07, 6.45) is 5.53. The second kappa shape index (κ2) is 12.8. The summed E-state index contributed by atoms with van der Waals surface area (Å²) in [7, 11) is 3.92. The molecule has 42 heavy (non-hydrogen) atoms. The molecule has 0 amide bonds. The maximum atomic E-state index is 15.0. The van der Waals surface area contributed by atoms with E-state index in [1.807, 2.05) is 13.0 Å². The summed E-state index contributed by atoms with van der Waals surface area (Å²) in [5.74, 6) is -0.835. The minimum absolute atomic E-state index is 0.115. The molecule has 1 atom stereocenters. The fourth-order valence-electron chi connectivity index (χ4n) is 4.43. The number of nitrogen functional groups attached to an aromatic ring is 1. The predicted octanol–water partition coefficient (Wildman–Crippen LogP) is 2.72. The normalized spacial score (nSPS) is 11.8. The van der Waals surface area contributed by atoms with Gasteiger partial charge in [0.2, 0.25) is 5.95 Å². The fourth-order valence-corrected chi connectivity index (χ4v) is 4.80. The van der Waals surface area contributed by atoms with Crippen LogP contribution in [0, 0.1) is 5.82 Å². The number of pyridine rings is 1. The van der Waals surface area contributed by atoms with Gasteiger partial charge in [-0.25, -0.2) is 18.5 Å². The SMILES string of the molecule is CC/C=C(/C)c1cc(Cn2c(Nc3cc(C=NC)c(N)cc3O)nc(=O)n(Cc3ccc[nH]c3=O)c2=O)cc(P)c1F.